The highest BCUT2D eigenvalue weighted by Crippen LogP contribution is 2.40. The third-order valence-corrected chi connectivity index (χ3v) is 5.74. The van der Waals surface area contributed by atoms with Crippen LogP contribution in [0.4, 0.5) is 0 Å². The first-order valence-corrected chi connectivity index (χ1v) is 7.67. The van der Waals surface area contributed by atoms with Gasteiger partial charge in [-0.2, -0.15) is 0 Å². The lowest BCUT2D eigenvalue weighted by Gasteiger charge is -2.18. The maximum absolute atomic E-state index is 12.3. The van der Waals surface area contributed by atoms with Gasteiger partial charge in [0.1, 0.15) is 5.78 Å². The van der Waals surface area contributed by atoms with E-state index in [1.165, 1.54) is 0 Å². The number of Topliss-reactive ketones (excluding diaryl/α,β-unsaturated/α-hetero) is 1. The second kappa shape index (κ2) is 4.68. The van der Waals surface area contributed by atoms with Crippen LogP contribution < -0.4 is 0 Å². The van der Waals surface area contributed by atoms with Crippen molar-refractivity contribution in [1.82, 2.24) is 0 Å². The van der Waals surface area contributed by atoms with E-state index in [1.54, 1.807) is 0 Å². The molecule has 0 aromatic carbocycles. The van der Waals surface area contributed by atoms with E-state index in [4.69, 9.17) is 0 Å². The molecule has 3 atom stereocenters. The van der Waals surface area contributed by atoms with Gasteiger partial charge in [0.05, 0.1) is 10.8 Å². The molecular weight excluding hydrogens is 232 g/mol. The average Bonchev–Trinajstić information content (AvgIpc) is 2.83. The highest BCUT2D eigenvalue weighted by atomic mass is 32.2. The molecule has 0 radical (unpaired) electrons. The zero-order chi connectivity index (χ0) is 12.6. The van der Waals surface area contributed by atoms with Crippen molar-refractivity contribution < 1.29 is 9.00 Å². The van der Waals surface area contributed by atoms with Crippen LogP contribution in [0.3, 0.4) is 0 Å². The van der Waals surface area contributed by atoms with E-state index in [0.29, 0.717) is 17.6 Å². The van der Waals surface area contributed by atoms with Crippen LogP contribution in [0, 0.1) is 11.8 Å². The highest BCUT2D eigenvalue weighted by Gasteiger charge is 2.33. The molecule has 2 aliphatic carbocycles. The van der Waals surface area contributed by atoms with Gasteiger partial charge in [-0.3, -0.25) is 9.00 Å². The second-order valence-corrected chi connectivity index (χ2v) is 8.54. The van der Waals surface area contributed by atoms with Crippen molar-refractivity contribution in [3.8, 4) is 0 Å². The molecule has 0 heterocycles. The number of hydrogen-bond acceptors (Lipinski definition) is 2. The Hall–Kier alpha value is -0.440. The lowest BCUT2D eigenvalue weighted by Crippen LogP contribution is -2.22. The van der Waals surface area contributed by atoms with Gasteiger partial charge in [0, 0.05) is 22.5 Å². The average molecular weight is 254 g/mol. The summed E-state index contributed by atoms with van der Waals surface area (Å²) in [7, 11) is -0.866. The molecule has 0 saturated heterocycles. The van der Waals surface area contributed by atoms with E-state index < -0.39 is 10.8 Å². The van der Waals surface area contributed by atoms with Crippen molar-refractivity contribution in [1.29, 1.82) is 0 Å². The van der Waals surface area contributed by atoms with Crippen LogP contribution in [0.2, 0.25) is 0 Å². The molecule has 17 heavy (non-hydrogen) atoms. The molecule has 0 aromatic heterocycles. The van der Waals surface area contributed by atoms with Gasteiger partial charge in [-0.1, -0.05) is 6.08 Å². The molecule has 0 aromatic rings. The van der Waals surface area contributed by atoms with Crippen LogP contribution in [-0.2, 0) is 15.6 Å². The molecule has 3 heteroatoms. The van der Waals surface area contributed by atoms with Gasteiger partial charge < -0.3 is 0 Å². The summed E-state index contributed by atoms with van der Waals surface area (Å²) in [6.07, 6.45) is 6.80. The minimum atomic E-state index is -0.866. The summed E-state index contributed by atoms with van der Waals surface area (Å²) in [5, 5.41) is 0. The summed E-state index contributed by atoms with van der Waals surface area (Å²) >= 11 is 0. The first-order valence-electron chi connectivity index (χ1n) is 6.52. The molecule has 0 bridgehead atoms. The number of hydrogen-bond donors (Lipinski definition) is 0. The Morgan fingerprint density at radius 1 is 1.24 bits per heavy atom. The molecule has 2 rings (SSSR count). The fourth-order valence-electron chi connectivity index (χ4n) is 2.84. The van der Waals surface area contributed by atoms with Gasteiger partial charge in [-0.05, 0) is 51.9 Å². The monoisotopic (exact) mass is 254 g/mol. The Bertz CT molecular complexity index is 376. The zero-order valence-corrected chi connectivity index (χ0v) is 11.8. The van der Waals surface area contributed by atoms with Gasteiger partial charge in [0.15, 0.2) is 0 Å². The Morgan fingerprint density at radius 3 is 2.47 bits per heavy atom. The topological polar surface area (TPSA) is 34.1 Å². The maximum atomic E-state index is 12.3. The van der Waals surface area contributed by atoms with Crippen molar-refractivity contribution in [3.05, 3.63) is 11.0 Å². The third-order valence-electron chi connectivity index (χ3n) is 3.81. The Balaban J connectivity index is 2.04. The highest BCUT2D eigenvalue weighted by molar-refractivity contribution is 7.90. The van der Waals surface area contributed by atoms with Crippen molar-refractivity contribution in [2.45, 2.75) is 57.6 Å². The lowest BCUT2D eigenvalue weighted by atomic mass is 9.91. The normalized spacial score (nSPS) is 31.7. The van der Waals surface area contributed by atoms with Crippen LogP contribution in [0.5, 0.6) is 0 Å². The standard InChI is InChI=1S/C14H22O2S/c1-14(2,3)17(16)13-7-5-11(9-13)10-4-6-12(15)8-10/h9-11H,4-8H2,1-3H3/t10-,11-,17?/m0/s1. The van der Waals surface area contributed by atoms with Crippen LogP contribution in [0.15, 0.2) is 11.0 Å². The second-order valence-electron chi connectivity index (χ2n) is 6.26. The molecule has 0 amide bonds. The Kier molecular flexibility index (Phi) is 3.58. The van der Waals surface area contributed by atoms with E-state index in [0.717, 1.165) is 37.0 Å². The van der Waals surface area contributed by atoms with Crippen molar-refractivity contribution in [2.24, 2.45) is 11.8 Å². The number of allylic oxidation sites excluding steroid dienone is 2. The predicted octanol–water partition coefficient (Wildman–Crippen LogP) is 3.20. The summed E-state index contributed by atoms with van der Waals surface area (Å²) in [5.74, 6) is 1.44. The minimum Gasteiger partial charge on any atom is -0.300 e. The summed E-state index contributed by atoms with van der Waals surface area (Å²) < 4.78 is 12.1. The summed E-state index contributed by atoms with van der Waals surface area (Å²) in [6, 6.07) is 0. The molecule has 0 N–H and O–H groups in total. The fourth-order valence-corrected chi connectivity index (χ4v) is 4.23. The van der Waals surface area contributed by atoms with Crippen molar-refractivity contribution in [3.63, 3.8) is 0 Å². The summed E-state index contributed by atoms with van der Waals surface area (Å²) in [4.78, 5) is 12.4. The minimum absolute atomic E-state index is 0.160. The van der Waals surface area contributed by atoms with Crippen LogP contribution in [0.25, 0.3) is 0 Å². The number of carbonyl (C=O) groups is 1. The number of carbonyl (C=O) groups excluding carboxylic acids is 1. The number of ketones is 1. The van der Waals surface area contributed by atoms with Crippen molar-refractivity contribution >= 4 is 16.6 Å². The molecule has 2 nitrogen and oxygen atoms in total. The van der Waals surface area contributed by atoms with Crippen LogP contribution in [0.1, 0.15) is 52.9 Å². The molecular formula is C14H22O2S. The molecule has 1 fully saturated rings. The third kappa shape index (κ3) is 2.87. The van der Waals surface area contributed by atoms with Gasteiger partial charge >= 0.3 is 0 Å². The molecule has 96 valence electrons. The van der Waals surface area contributed by atoms with E-state index in [1.807, 2.05) is 20.8 Å². The van der Waals surface area contributed by atoms with Gasteiger partial charge in [-0.15, -0.1) is 0 Å². The SMILES string of the molecule is CC(C)(C)S(=O)C1=C[C@@H]([C@H]2CCC(=O)C2)CC1. The van der Waals surface area contributed by atoms with E-state index in [9.17, 15) is 9.00 Å². The van der Waals surface area contributed by atoms with Crippen molar-refractivity contribution in [2.75, 3.05) is 0 Å². The Morgan fingerprint density at radius 2 is 1.94 bits per heavy atom. The van der Waals surface area contributed by atoms with Crippen LogP contribution >= 0.6 is 0 Å². The summed E-state index contributed by atoms with van der Waals surface area (Å²) in [5.41, 5.74) is 0. The molecule has 1 unspecified atom stereocenters. The van der Waals surface area contributed by atoms with Gasteiger partial charge in [-0.25, -0.2) is 0 Å². The largest absolute Gasteiger partial charge is 0.300 e. The molecule has 0 aliphatic heterocycles. The zero-order valence-electron chi connectivity index (χ0n) is 11.0. The lowest BCUT2D eigenvalue weighted by molar-refractivity contribution is -0.117. The summed E-state index contributed by atoms with van der Waals surface area (Å²) in [6.45, 7) is 6.07. The maximum Gasteiger partial charge on any atom is 0.133 e. The van der Waals surface area contributed by atoms with Crippen LogP contribution in [-0.4, -0.2) is 14.7 Å². The number of rotatable bonds is 2. The first kappa shape index (κ1) is 13.0. The smallest absolute Gasteiger partial charge is 0.133 e. The Labute approximate surface area is 106 Å². The van der Waals surface area contributed by atoms with Gasteiger partial charge in [0.2, 0.25) is 0 Å². The van der Waals surface area contributed by atoms with E-state index >= 15 is 0 Å². The molecule has 1 saturated carbocycles. The fraction of sp³-hybridized carbons (Fsp3) is 0.786. The molecule has 0 spiro atoms. The van der Waals surface area contributed by atoms with E-state index in [2.05, 4.69) is 6.08 Å². The van der Waals surface area contributed by atoms with E-state index in [-0.39, 0.29) is 4.75 Å². The van der Waals surface area contributed by atoms with Gasteiger partial charge in [0.25, 0.3) is 0 Å². The molecule has 2 aliphatic rings. The predicted molar refractivity (Wildman–Crippen MR) is 71.1 cm³/mol. The quantitative estimate of drug-likeness (QED) is 0.758. The first-order chi connectivity index (χ1) is 7.88.